The van der Waals surface area contributed by atoms with E-state index in [9.17, 15) is 9.90 Å². The lowest BCUT2D eigenvalue weighted by molar-refractivity contribution is -0.179. The number of esters is 1. The molecule has 1 N–H and O–H groups in total. The second-order valence-corrected chi connectivity index (χ2v) is 4.61. The van der Waals surface area contributed by atoms with Gasteiger partial charge in [0, 0.05) is 0 Å². The summed E-state index contributed by atoms with van der Waals surface area (Å²) in [5.74, 6) is -1.17. The molecule has 5 nitrogen and oxygen atoms in total. The van der Waals surface area contributed by atoms with Crippen LogP contribution in [0, 0.1) is 5.41 Å². The van der Waals surface area contributed by atoms with Gasteiger partial charge < -0.3 is 19.3 Å². The quantitative estimate of drug-likeness (QED) is 0.723. The molecule has 0 bridgehead atoms. The number of carbonyl (C=O) groups is 1. The molecule has 94 valence electrons. The van der Waals surface area contributed by atoms with E-state index in [0.717, 1.165) is 0 Å². The van der Waals surface area contributed by atoms with Crippen molar-refractivity contribution in [2.24, 2.45) is 5.41 Å². The molecule has 1 rings (SSSR count). The molecule has 1 heterocycles. The van der Waals surface area contributed by atoms with Gasteiger partial charge in [0.2, 0.25) is 0 Å². The highest BCUT2D eigenvalue weighted by Gasteiger charge is 2.49. The van der Waals surface area contributed by atoms with Crippen molar-refractivity contribution in [2.45, 2.75) is 39.6 Å². The van der Waals surface area contributed by atoms with Gasteiger partial charge in [-0.3, -0.25) is 4.79 Å². The van der Waals surface area contributed by atoms with Gasteiger partial charge in [-0.2, -0.15) is 0 Å². The molecule has 16 heavy (non-hydrogen) atoms. The molecule has 0 amide bonds. The predicted molar refractivity (Wildman–Crippen MR) is 56.7 cm³/mol. The maximum atomic E-state index is 11.8. The Labute approximate surface area is 95.7 Å². The van der Waals surface area contributed by atoms with Gasteiger partial charge in [0.05, 0.1) is 19.8 Å². The molecule has 0 aromatic rings. The van der Waals surface area contributed by atoms with Crippen LogP contribution in [0.5, 0.6) is 0 Å². The minimum absolute atomic E-state index is 0.281. The van der Waals surface area contributed by atoms with Crippen LogP contribution in [-0.2, 0) is 19.0 Å². The summed E-state index contributed by atoms with van der Waals surface area (Å²) in [6.45, 7) is 7.14. The summed E-state index contributed by atoms with van der Waals surface area (Å²) in [5, 5.41) is 9.38. The summed E-state index contributed by atoms with van der Waals surface area (Å²) in [7, 11) is 0. The van der Waals surface area contributed by atoms with E-state index in [1.165, 1.54) is 0 Å². The minimum Gasteiger partial charge on any atom is -0.465 e. The standard InChI is InChI=1S/C11H20O5/c1-5-14-9(13)11(4,7-12)8-6-15-10(2,3)16-8/h8,12H,5-7H2,1-4H3/t8-,11-/m0/s1. The molecular formula is C11H20O5. The Hall–Kier alpha value is -0.650. The summed E-state index contributed by atoms with van der Waals surface area (Å²) in [6.07, 6.45) is -0.480. The first kappa shape index (κ1) is 13.4. The fourth-order valence-electron chi connectivity index (χ4n) is 1.59. The molecule has 0 aliphatic carbocycles. The third kappa shape index (κ3) is 2.53. The van der Waals surface area contributed by atoms with Crippen molar-refractivity contribution in [3.8, 4) is 0 Å². The van der Waals surface area contributed by atoms with Crippen molar-refractivity contribution in [3.05, 3.63) is 0 Å². The third-order valence-electron chi connectivity index (χ3n) is 2.79. The number of hydrogen-bond acceptors (Lipinski definition) is 5. The Morgan fingerprint density at radius 1 is 1.62 bits per heavy atom. The lowest BCUT2D eigenvalue weighted by Crippen LogP contribution is -2.46. The van der Waals surface area contributed by atoms with Crippen molar-refractivity contribution in [2.75, 3.05) is 19.8 Å². The number of aliphatic hydroxyl groups is 1. The highest BCUT2D eigenvalue weighted by molar-refractivity contribution is 5.77. The van der Waals surface area contributed by atoms with Crippen molar-refractivity contribution in [1.82, 2.24) is 0 Å². The Morgan fingerprint density at radius 3 is 2.62 bits per heavy atom. The van der Waals surface area contributed by atoms with Crippen LogP contribution in [-0.4, -0.2) is 42.8 Å². The number of rotatable bonds is 4. The predicted octanol–water partition coefficient (Wildman–Crippen LogP) is 0.700. The third-order valence-corrected chi connectivity index (χ3v) is 2.79. The summed E-state index contributed by atoms with van der Waals surface area (Å²) in [5.41, 5.74) is -1.07. The van der Waals surface area contributed by atoms with Crippen LogP contribution in [0.2, 0.25) is 0 Å². The van der Waals surface area contributed by atoms with Crippen LogP contribution in [0.25, 0.3) is 0 Å². The van der Waals surface area contributed by atoms with E-state index >= 15 is 0 Å². The summed E-state index contributed by atoms with van der Waals surface area (Å²) >= 11 is 0. The summed E-state index contributed by atoms with van der Waals surface area (Å²) < 4.78 is 15.9. The molecule has 0 aromatic heterocycles. The van der Waals surface area contributed by atoms with Gasteiger partial charge in [-0.05, 0) is 27.7 Å². The molecule has 0 spiro atoms. The number of aliphatic hydroxyl groups excluding tert-OH is 1. The maximum absolute atomic E-state index is 11.8. The lowest BCUT2D eigenvalue weighted by atomic mass is 9.85. The first-order valence-corrected chi connectivity index (χ1v) is 5.45. The molecule has 5 heteroatoms. The molecule has 0 aromatic carbocycles. The average molecular weight is 232 g/mol. The number of carbonyl (C=O) groups excluding carboxylic acids is 1. The van der Waals surface area contributed by atoms with Gasteiger partial charge >= 0.3 is 5.97 Å². The minimum atomic E-state index is -1.07. The molecule has 0 unspecified atom stereocenters. The largest absolute Gasteiger partial charge is 0.465 e. The molecule has 2 atom stereocenters. The second kappa shape index (κ2) is 4.69. The Morgan fingerprint density at radius 2 is 2.25 bits per heavy atom. The van der Waals surface area contributed by atoms with E-state index in [1.807, 2.05) is 0 Å². The van der Waals surface area contributed by atoms with Crippen LogP contribution in [0.1, 0.15) is 27.7 Å². The lowest BCUT2D eigenvalue weighted by Gasteiger charge is -2.30. The van der Waals surface area contributed by atoms with Gasteiger partial charge in [0.1, 0.15) is 11.5 Å². The van der Waals surface area contributed by atoms with Crippen molar-refractivity contribution >= 4 is 5.97 Å². The smallest absolute Gasteiger partial charge is 0.316 e. The Balaban J connectivity index is 2.77. The normalized spacial score (nSPS) is 27.4. The van der Waals surface area contributed by atoms with Crippen molar-refractivity contribution in [1.29, 1.82) is 0 Å². The molecular weight excluding hydrogens is 212 g/mol. The van der Waals surface area contributed by atoms with Crippen LogP contribution < -0.4 is 0 Å². The zero-order chi connectivity index (χ0) is 12.4. The van der Waals surface area contributed by atoms with E-state index < -0.39 is 23.3 Å². The molecule has 0 radical (unpaired) electrons. The van der Waals surface area contributed by atoms with Crippen LogP contribution in [0.4, 0.5) is 0 Å². The Kier molecular flexibility index (Phi) is 3.93. The van der Waals surface area contributed by atoms with E-state index in [1.54, 1.807) is 27.7 Å². The van der Waals surface area contributed by atoms with E-state index in [0.29, 0.717) is 0 Å². The van der Waals surface area contributed by atoms with Crippen molar-refractivity contribution in [3.63, 3.8) is 0 Å². The monoisotopic (exact) mass is 232 g/mol. The average Bonchev–Trinajstić information content (AvgIpc) is 2.58. The zero-order valence-corrected chi connectivity index (χ0v) is 10.3. The van der Waals surface area contributed by atoms with E-state index in [-0.39, 0.29) is 19.8 Å². The SMILES string of the molecule is CCOC(=O)[C@@](C)(CO)[C@@H]1COC(C)(C)O1. The van der Waals surface area contributed by atoms with Crippen LogP contribution in [0.3, 0.4) is 0 Å². The summed E-state index contributed by atoms with van der Waals surface area (Å²) in [6, 6.07) is 0. The molecule has 1 fully saturated rings. The van der Waals surface area contributed by atoms with Gasteiger partial charge in [0.15, 0.2) is 5.79 Å². The molecule has 0 saturated carbocycles. The molecule has 1 aliphatic heterocycles. The van der Waals surface area contributed by atoms with Gasteiger partial charge in [-0.1, -0.05) is 0 Å². The highest BCUT2D eigenvalue weighted by atomic mass is 16.7. The molecule has 1 saturated heterocycles. The van der Waals surface area contributed by atoms with Gasteiger partial charge in [0.25, 0.3) is 0 Å². The zero-order valence-electron chi connectivity index (χ0n) is 10.3. The number of hydrogen-bond donors (Lipinski definition) is 1. The fraction of sp³-hybridized carbons (Fsp3) is 0.909. The second-order valence-electron chi connectivity index (χ2n) is 4.61. The first-order valence-electron chi connectivity index (χ1n) is 5.45. The number of ether oxygens (including phenoxy) is 3. The Bertz CT molecular complexity index is 263. The fourth-order valence-corrected chi connectivity index (χ4v) is 1.59. The van der Waals surface area contributed by atoms with Crippen LogP contribution >= 0.6 is 0 Å². The van der Waals surface area contributed by atoms with Crippen LogP contribution in [0.15, 0.2) is 0 Å². The molecule has 1 aliphatic rings. The first-order chi connectivity index (χ1) is 7.35. The topological polar surface area (TPSA) is 65.0 Å². The summed E-state index contributed by atoms with van der Waals surface area (Å²) in [4.78, 5) is 11.8. The van der Waals surface area contributed by atoms with Gasteiger partial charge in [-0.25, -0.2) is 0 Å². The van der Waals surface area contributed by atoms with Crippen molar-refractivity contribution < 1.29 is 24.1 Å². The van der Waals surface area contributed by atoms with E-state index in [4.69, 9.17) is 14.2 Å². The highest BCUT2D eigenvalue weighted by Crippen LogP contribution is 2.34. The van der Waals surface area contributed by atoms with Gasteiger partial charge in [-0.15, -0.1) is 0 Å². The maximum Gasteiger partial charge on any atom is 0.316 e. The van der Waals surface area contributed by atoms with E-state index in [2.05, 4.69) is 0 Å².